The molecule has 0 aliphatic carbocycles. The lowest BCUT2D eigenvalue weighted by molar-refractivity contribution is -0.389. The first-order valence-electron chi connectivity index (χ1n) is 15.3. The summed E-state index contributed by atoms with van der Waals surface area (Å²) in [6.45, 7) is 2.96. The number of anilines is 2. The van der Waals surface area contributed by atoms with Gasteiger partial charge in [-0.1, -0.05) is 12.1 Å². The fourth-order valence-electron chi connectivity index (χ4n) is 5.73. The van der Waals surface area contributed by atoms with Crippen LogP contribution in [0.15, 0.2) is 79.0 Å². The summed E-state index contributed by atoms with van der Waals surface area (Å²) in [7, 11) is 2.09. The number of benzene rings is 3. The molecule has 14 heteroatoms. The molecule has 0 unspecified atom stereocenters. The molecule has 2 aliphatic rings. The zero-order valence-corrected chi connectivity index (χ0v) is 25.6. The highest BCUT2D eigenvalue weighted by Gasteiger charge is 2.31. The standard InChI is InChI=1S/C33H34F3N5O6/c1-38(24-4-10-27(11-5-24)44-21-23-2-8-29(9-3-23)47-33(34,35)36)25-14-17-39(18-15-25)26-6-12-28(13-7-26)45-22-30-16-19-40-20-31(41(42)43)37-32(40)46-30/h2-13,20,25,30H,14-19,21-22H2,1H3/t30-/m0/s1. The maximum absolute atomic E-state index is 12.4. The molecule has 0 radical (unpaired) electrons. The normalized spacial score (nSPS) is 16.6. The fraction of sp³-hybridized carbons (Fsp3) is 0.364. The molecule has 248 valence electrons. The number of hydrogen-bond acceptors (Lipinski definition) is 9. The summed E-state index contributed by atoms with van der Waals surface area (Å²) in [4.78, 5) is 19.0. The Labute approximate surface area is 269 Å². The van der Waals surface area contributed by atoms with Gasteiger partial charge in [-0.05, 0) is 84.0 Å². The monoisotopic (exact) mass is 653 g/mol. The van der Waals surface area contributed by atoms with Gasteiger partial charge in [-0.3, -0.25) is 4.57 Å². The van der Waals surface area contributed by atoms with Crippen molar-refractivity contribution >= 4 is 17.2 Å². The molecule has 0 amide bonds. The lowest BCUT2D eigenvalue weighted by Gasteiger charge is -2.39. The van der Waals surface area contributed by atoms with E-state index in [0.717, 1.165) is 48.6 Å². The first-order valence-corrected chi connectivity index (χ1v) is 15.3. The van der Waals surface area contributed by atoms with Crippen LogP contribution in [0.4, 0.5) is 30.4 Å². The highest BCUT2D eigenvalue weighted by atomic mass is 19.4. The molecule has 3 aromatic carbocycles. The first kappa shape index (κ1) is 31.8. The minimum atomic E-state index is -4.72. The van der Waals surface area contributed by atoms with Crippen molar-refractivity contribution in [3.63, 3.8) is 0 Å². The van der Waals surface area contributed by atoms with Crippen molar-refractivity contribution in [3.05, 3.63) is 94.7 Å². The molecule has 0 saturated carbocycles. The summed E-state index contributed by atoms with van der Waals surface area (Å²) in [6.07, 6.45) is -0.906. The molecule has 4 aromatic rings. The van der Waals surface area contributed by atoms with Crippen LogP contribution in [-0.4, -0.2) is 59.7 Å². The number of aryl methyl sites for hydroxylation is 1. The number of imidazole rings is 1. The number of hydrogen-bond donors (Lipinski definition) is 0. The Morgan fingerprint density at radius 1 is 0.915 bits per heavy atom. The number of alkyl halides is 3. The molecule has 0 spiro atoms. The van der Waals surface area contributed by atoms with E-state index >= 15 is 0 Å². The van der Waals surface area contributed by atoms with Gasteiger partial charge in [0.2, 0.25) is 0 Å². The van der Waals surface area contributed by atoms with Crippen molar-refractivity contribution in [1.29, 1.82) is 0 Å². The topological polar surface area (TPSA) is 104 Å². The van der Waals surface area contributed by atoms with Crippen LogP contribution < -0.4 is 28.7 Å². The van der Waals surface area contributed by atoms with Crippen LogP contribution in [0.2, 0.25) is 0 Å². The average Bonchev–Trinajstić information content (AvgIpc) is 3.51. The number of aromatic nitrogens is 2. The molecule has 2 aliphatic heterocycles. The van der Waals surface area contributed by atoms with Crippen LogP contribution in [0.1, 0.15) is 24.8 Å². The molecule has 6 rings (SSSR count). The van der Waals surface area contributed by atoms with Crippen LogP contribution in [-0.2, 0) is 13.2 Å². The number of nitrogens with zero attached hydrogens (tertiary/aromatic N) is 5. The minimum Gasteiger partial charge on any atom is -0.490 e. The second-order valence-electron chi connectivity index (χ2n) is 11.5. The van der Waals surface area contributed by atoms with Crippen molar-refractivity contribution < 1.29 is 37.0 Å². The van der Waals surface area contributed by atoms with Gasteiger partial charge in [0.05, 0.1) is 0 Å². The summed E-state index contributed by atoms with van der Waals surface area (Å²) in [5.74, 6) is 0.914. The third-order valence-corrected chi connectivity index (χ3v) is 8.33. The summed E-state index contributed by atoms with van der Waals surface area (Å²) in [6, 6.07) is 22.1. The summed E-state index contributed by atoms with van der Waals surface area (Å²) < 4.78 is 60.2. The van der Waals surface area contributed by atoms with Gasteiger partial charge in [-0.15, -0.1) is 13.2 Å². The molecule has 1 fully saturated rings. The van der Waals surface area contributed by atoms with E-state index in [2.05, 4.69) is 38.7 Å². The lowest BCUT2D eigenvalue weighted by Crippen LogP contribution is -2.43. The molecule has 0 N–H and O–H groups in total. The number of halogens is 3. The quantitative estimate of drug-likeness (QED) is 0.131. The van der Waals surface area contributed by atoms with E-state index in [9.17, 15) is 23.3 Å². The molecular weight excluding hydrogens is 619 g/mol. The molecule has 3 heterocycles. The second kappa shape index (κ2) is 13.7. The van der Waals surface area contributed by atoms with Gasteiger partial charge in [0.15, 0.2) is 0 Å². The maximum atomic E-state index is 12.4. The Morgan fingerprint density at radius 3 is 2.21 bits per heavy atom. The minimum absolute atomic E-state index is 0.222. The Morgan fingerprint density at radius 2 is 1.55 bits per heavy atom. The van der Waals surface area contributed by atoms with Crippen LogP contribution >= 0.6 is 0 Å². The fourth-order valence-corrected chi connectivity index (χ4v) is 5.73. The molecular formula is C33H34F3N5O6. The van der Waals surface area contributed by atoms with Crippen molar-refractivity contribution in [2.24, 2.45) is 0 Å². The van der Waals surface area contributed by atoms with Crippen LogP contribution in [0.3, 0.4) is 0 Å². The zero-order chi connectivity index (χ0) is 33.0. The van der Waals surface area contributed by atoms with Gasteiger partial charge in [-0.25, -0.2) is 0 Å². The van der Waals surface area contributed by atoms with E-state index in [4.69, 9.17) is 14.2 Å². The first-order chi connectivity index (χ1) is 22.6. The zero-order valence-electron chi connectivity index (χ0n) is 25.6. The van der Waals surface area contributed by atoms with E-state index in [0.29, 0.717) is 31.4 Å². The third-order valence-electron chi connectivity index (χ3n) is 8.33. The van der Waals surface area contributed by atoms with E-state index in [1.54, 1.807) is 16.7 Å². The number of nitro groups is 1. The summed E-state index contributed by atoms with van der Waals surface area (Å²) >= 11 is 0. The Bertz CT molecular complexity index is 1640. The molecule has 47 heavy (non-hydrogen) atoms. The maximum Gasteiger partial charge on any atom is 0.573 e. The largest absolute Gasteiger partial charge is 0.573 e. The van der Waals surface area contributed by atoms with Gasteiger partial charge >= 0.3 is 18.2 Å². The van der Waals surface area contributed by atoms with E-state index < -0.39 is 11.3 Å². The predicted octanol–water partition coefficient (Wildman–Crippen LogP) is 6.60. The van der Waals surface area contributed by atoms with Crippen molar-refractivity contribution in [3.8, 4) is 23.3 Å². The highest BCUT2D eigenvalue weighted by molar-refractivity contribution is 5.52. The SMILES string of the molecule is CN(c1ccc(OCc2ccc(OC(F)(F)F)cc2)cc1)C1CCN(c2ccc(OC[C@@H]3CCn4cc([N+](=O)[O-])nc4O3)cc2)CC1. The lowest BCUT2D eigenvalue weighted by atomic mass is 10.0. The molecule has 1 atom stereocenters. The van der Waals surface area contributed by atoms with Crippen molar-refractivity contribution in [2.75, 3.05) is 36.5 Å². The smallest absolute Gasteiger partial charge is 0.490 e. The van der Waals surface area contributed by atoms with Gasteiger partial charge in [0, 0.05) is 55.5 Å². The number of fused-ring (bicyclic) bond motifs is 1. The van der Waals surface area contributed by atoms with Gasteiger partial charge in [0.1, 0.15) is 42.8 Å². The van der Waals surface area contributed by atoms with Gasteiger partial charge < -0.3 is 38.9 Å². The van der Waals surface area contributed by atoms with Crippen molar-refractivity contribution in [1.82, 2.24) is 9.55 Å². The summed E-state index contributed by atoms with van der Waals surface area (Å²) in [5, 5.41) is 11.0. The Hall–Kier alpha value is -5.14. The third kappa shape index (κ3) is 8.18. The average molecular weight is 654 g/mol. The molecule has 0 bridgehead atoms. The van der Waals surface area contributed by atoms with Crippen LogP contribution in [0.25, 0.3) is 0 Å². The predicted molar refractivity (Wildman–Crippen MR) is 167 cm³/mol. The number of rotatable bonds is 11. The highest BCUT2D eigenvalue weighted by Crippen LogP contribution is 2.29. The number of ether oxygens (including phenoxy) is 4. The summed E-state index contributed by atoms with van der Waals surface area (Å²) in [5.41, 5.74) is 2.94. The Balaban J connectivity index is 0.929. The van der Waals surface area contributed by atoms with Gasteiger partial charge in [0.25, 0.3) is 0 Å². The molecule has 1 saturated heterocycles. The van der Waals surface area contributed by atoms with E-state index in [-0.39, 0.29) is 30.3 Å². The van der Waals surface area contributed by atoms with Crippen LogP contribution in [0, 0.1) is 10.1 Å². The van der Waals surface area contributed by atoms with E-state index in [1.165, 1.54) is 18.3 Å². The second-order valence-corrected chi connectivity index (χ2v) is 11.5. The molecule has 11 nitrogen and oxygen atoms in total. The Kier molecular flexibility index (Phi) is 9.27. The van der Waals surface area contributed by atoms with Crippen LogP contribution in [0.5, 0.6) is 23.3 Å². The number of piperidine rings is 1. The van der Waals surface area contributed by atoms with Crippen molar-refractivity contribution in [2.45, 2.75) is 50.9 Å². The van der Waals surface area contributed by atoms with E-state index in [1.807, 2.05) is 36.4 Å². The van der Waals surface area contributed by atoms with Gasteiger partial charge in [-0.2, -0.15) is 0 Å². The molecule has 1 aromatic heterocycles.